The third-order valence-corrected chi connectivity index (χ3v) is 9.02. The molecule has 3 heterocycles. The lowest BCUT2D eigenvalue weighted by atomic mass is 10.1. The molecular weight excluding hydrogens is 538 g/mol. The molecule has 0 bridgehead atoms. The first kappa shape index (κ1) is 25.9. The van der Waals surface area contributed by atoms with Crippen molar-refractivity contribution < 1.29 is 19.1 Å². The van der Waals surface area contributed by atoms with Crippen LogP contribution in [0.4, 0.5) is 17.4 Å². The van der Waals surface area contributed by atoms with E-state index in [4.69, 9.17) is 10.2 Å². The Morgan fingerprint density at radius 1 is 1.23 bits per heavy atom. The summed E-state index contributed by atoms with van der Waals surface area (Å²) in [5.74, 6) is -0.326. The predicted octanol–water partition coefficient (Wildman–Crippen LogP) is 1.65. The molecule has 13 heteroatoms. The molecule has 1 amide bonds. The van der Waals surface area contributed by atoms with Gasteiger partial charge in [-0.1, -0.05) is 0 Å². The Morgan fingerprint density at radius 3 is 2.60 bits per heavy atom. The summed E-state index contributed by atoms with van der Waals surface area (Å²) < 4.78 is 32.9. The lowest BCUT2D eigenvalue weighted by Gasteiger charge is -2.36. The molecule has 2 aliphatic heterocycles. The summed E-state index contributed by atoms with van der Waals surface area (Å²) in [5.41, 5.74) is 7.00. The van der Waals surface area contributed by atoms with E-state index in [-0.39, 0.29) is 18.9 Å². The van der Waals surface area contributed by atoms with Crippen molar-refractivity contribution in [2.45, 2.75) is 18.9 Å². The number of aromatic nitrogens is 1. The number of hydrogen-bond donors (Lipinski definition) is 3. The van der Waals surface area contributed by atoms with Crippen molar-refractivity contribution in [3.63, 3.8) is 0 Å². The number of nitrogens with one attached hydrogen (secondary N) is 2. The zero-order chi connectivity index (χ0) is 25.0. The van der Waals surface area contributed by atoms with Crippen LogP contribution < -0.4 is 21.3 Å². The maximum atomic E-state index is 12.9. The first-order valence-electron chi connectivity index (χ1n) is 11.7. The predicted molar refractivity (Wildman–Crippen MR) is 141 cm³/mol. The molecule has 0 unspecified atom stereocenters. The minimum atomic E-state index is -3.32. The molecule has 2 fully saturated rings. The largest absolute Gasteiger partial charge is 0.431 e. The smallest absolute Gasteiger partial charge is 0.292 e. The van der Waals surface area contributed by atoms with E-state index >= 15 is 0 Å². The number of likely N-dealkylation sites (tertiary alicyclic amines) is 1. The number of amides is 1. The molecular formula is C22H34BrN7O4S. The Morgan fingerprint density at radius 2 is 1.94 bits per heavy atom. The van der Waals surface area contributed by atoms with Gasteiger partial charge in [0.1, 0.15) is 6.26 Å². The van der Waals surface area contributed by atoms with Crippen molar-refractivity contribution in [3.8, 4) is 0 Å². The molecule has 4 N–H and O–H groups in total. The molecule has 4 rings (SSSR count). The number of carbonyl (C=O) groups is 1. The molecule has 1 aromatic heterocycles. The van der Waals surface area contributed by atoms with Crippen molar-refractivity contribution in [2.24, 2.45) is 0 Å². The van der Waals surface area contributed by atoms with Crippen LogP contribution >= 0.6 is 15.9 Å². The maximum Gasteiger partial charge on any atom is 0.292 e. The summed E-state index contributed by atoms with van der Waals surface area (Å²) in [5, 5.41) is 6.21. The Kier molecular flexibility index (Phi) is 8.32. The highest BCUT2D eigenvalue weighted by Crippen LogP contribution is 2.29. The summed E-state index contributed by atoms with van der Waals surface area (Å²) in [6, 6.07) is 5.95. The average molecular weight is 573 g/mol. The van der Waals surface area contributed by atoms with Crippen molar-refractivity contribution in [1.29, 1.82) is 0 Å². The van der Waals surface area contributed by atoms with E-state index in [1.807, 2.05) is 18.2 Å². The summed E-state index contributed by atoms with van der Waals surface area (Å²) >= 11 is 3.45. The van der Waals surface area contributed by atoms with Crippen LogP contribution in [0.15, 0.2) is 33.4 Å². The number of oxazole rings is 1. The second-order valence-electron chi connectivity index (χ2n) is 8.92. The van der Waals surface area contributed by atoms with Crippen molar-refractivity contribution in [3.05, 3.63) is 34.6 Å². The van der Waals surface area contributed by atoms with Crippen LogP contribution in [0.5, 0.6) is 0 Å². The SMILES string of the molecule is CN1CCC(NCCS(=O)(=O)N2CCN(c3ccc(Br)c(NC(=O)c4coc(N)n4)c3)CC2)CC1.[HH]. The minimum absolute atomic E-state index is 0. The van der Waals surface area contributed by atoms with Crippen LogP contribution in [0.3, 0.4) is 0 Å². The zero-order valence-electron chi connectivity index (χ0n) is 19.7. The molecule has 35 heavy (non-hydrogen) atoms. The monoisotopic (exact) mass is 571 g/mol. The van der Waals surface area contributed by atoms with Gasteiger partial charge in [0.25, 0.3) is 11.9 Å². The Labute approximate surface area is 215 Å². The van der Waals surface area contributed by atoms with E-state index in [1.165, 1.54) is 6.26 Å². The van der Waals surface area contributed by atoms with Crippen molar-refractivity contribution in [1.82, 2.24) is 19.5 Å². The fourth-order valence-electron chi connectivity index (χ4n) is 4.34. The lowest BCUT2D eigenvalue weighted by molar-refractivity contribution is 0.102. The van der Waals surface area contributed by atoms with E-state index in [2.05, 4.69) is 48.4 Å². The average Bonchev–Trinajstić information content (AvgIpc) is 3.28. The van der Waals surface area contributed by atoms with Gasteiger partial charge in [0.2, 0.25) is 10.0 Å². The highest BCUT2D eigenvalue weighted by Gasteiger charge is 2.27. The van der Waals surface area contributed by atoms with Crippen LogP contribution in [-0.4, -0.2) is 93.2 Å². The molecule has 2 aromatic rings. The molecule has 11 nitrogen and oxygen atoms in total. The fourth-order valence-corrected chi connectivity index (χ4v) is 6.04. The molecule has 0 aliphatic carbocycles. The second-order valence-corrected chi connectivity index (χ2v) is 11.9. The quantitative estimate of drug-likeness (QED) is 0.431. The number of piperazine rings is 1. The van der Waals surface area contributed by atoms with Gasteiger partial charge in [0.05, 0.1) is 11.4 Å². The van der Waals surface area contributed by atoms with Crippen LogP contribution in [0.1, 0.15) is 24.8 Å². The van der Waals surface area contributed by atoms with Gasteiger partial charge < -0.3 is 30.6 Å². The molecule has 2 saturated heterocycles. The number of piperidine rings is 1. The third kappa shape index (κ3) is 6.73. The topological polar surface area (TPSA) is 137 Å². The Bertz CT molecular complexity index is 1130. The summed E-state index contributed by atoms with van der Waals surface area (Å²) in [4.78, 5) is 20.7. The van der Waals surface area contributed by atoms with E-state index < -0.39 is 15.9 Å². The van der Waals surface area contributed by atoms with Gasteiger partial charge in [0, 0.05) is 50.4 Å². The van der Waals surface area contributed by atoms with Crippen LogP contribution in [0.2, 0.25) is 0 Å². The molecule has 194 valence electrons. The van der Waals surface area contributed by atoms with Crippen LogP contribution in [0, 0.1) is 0 Å². The molecule has 0 saturated carbocycles. The number of hydrogen-bond acceptors (Lipinski definition) is 9. The summed E-state index contributed by atoms with van der Waals surface area (Å²) in [6.07, 6.45) is 3.31. The number of rotatable bonds is 8. The third-order valence-electron chi connectivity index (χ3n) is 6.46. The van der Waals surface area contributed by atoms with E-state index in [0.29, 0.717) is 48.9 Å². The number of sulfonamides is 1. The summed E-state index contributed by atoms with van der Waals surface area (Å²) in [6.45, 7) is 4.54. The number of nitrogens with zero attached hydrogens (tertiary/aromatic N) is 4. The standard InChI is InChI=1S/C22H32BrN7O4S.H2/c1-28-7-4-16(5-8-28)25-6-13-35(32,33)30-11-9-29(10-12-30)17-2-3-18(23)19(14-17)26-21(31)20-15-34-22(24)27-20;/h2-3,14-16,25H,4-13H2,1H3,(H2,24,27)(H,26,31);1H. The molecule has 1 aromatic carbocycles. The molecule has 0 spiro atoms. The highest BCUT2D eigenvalue weighted by atomic mass is 79.9. The van der Waals surface area contributed by atoms with Gasteiger partial charge in [-0.2, -0.15) is 9.29 Å². The van der Waals surface area contributed by atoms with E-state index in [0.717, 1.165) is 31.6 Å². The number of anilines is 3. The van der Waals surface area contributed by atoms with Gasteiger partial charge in [0.15, 0.2) is 5.69 Å². The Balaban J connectivity index is 0.00000361. The van der Waals surface area contributed by atoms with Gasteiger partial charge in [-0.3, -0.25) is 4.79 Å². The minimum Gasteiger partial charge on any atom is -0.431 e. The highest BCUT2D eigenvalue weighted by molar-refractivity contribution is 9.10. The number of benzene rings is 1. The van der Waals surface area contributed by atoms with Crippen LogP contribution in [-0.2, 0) is 10.0 Å². The first-order chi connectivity index (χ1) is 16.7. The normalized spacial score (nSPS) is 18.6. The maximum absolute atomic E-state index is 12.9. The van der Waals surface area contributed by atoms with Gasteiger partial charge in [-0.15, -0.1) is 0 Å². The van der Waals surface area contributed by atoms with Crippen molar-refractivity contribution in [2.75, 3.05) is 74.6 Å². The number of halogens is 1. The van der Waals surface area contributed by atoms with Gasteiger partial charge in [-0.05, 0) is 67.1 Å². The first-order valence-corrected chi connectivity index (χ1v) is 14.1. The summed E-state index contributed by atoms with van der Waals surface area (Å²) in [7, 11) is -1.20. The number of nitrogen functional groups attached to an aromatic ring is 1. The molecule has 0 atom stereocenters. The number of nitrogens with two attached hydrogens (primary N) is 1. The second kappa shape index (κ2) is 11.2. The Hall–Kier alpha value is -2.19. The van der Waals surface area contributed by atoms with Gasteiger partial charge >= 0.3 is 0 Å². The fraction of sp³-hybridized carbons (Fsp3) is 0.545. The lowest BCUT2D eigenvalue weighted by Crippen LogP contribution is -2.50. The van der Waals surface area contributed by atoms with E-state index in [1.54, 1.807) is 4.31 Å². The zero-order valence-corrected chi connectivity index (χ0v) is 22.1. The van der Waals surface area contributed by atoms with Gasteiger partial charge in [-0.25, -0.2) is 8.42 Å². The number of carbonyl (C=O) groups excluding carboxylic acids is 1. The van der Waals surface area contributed by atoms with Crippen LogP contribution in [0.25, 0.3) is 0 Å². The molecule has 2 aliphatic rings. The van der Waals surface area contributed by atoms with E-state index in [9.17, 15) is 13.2 Å². The molecule has 0 radical (unpaired) electrons. The van der Waals surface area contributed by atoms with Crippen molar-refractivity contribution >= 4 is 49.2 Å².